The van der Waals surface area contributed by atoms with Gasteiger partial charge in [-0.25, -0.2) is 4.79 Å². The summed E-state index contributed by atoms with van der Waals surface area (Å²) in [6, 6.07) is 0. The molecule has 23 heavy (non-hydrogen) atoms. The van der Waals surface area contributed by atoms with Gasteiger partial charge in [-0.1, -0.05) is 0 Å². The summed E-state index contributed by atoms with van der Waals surface area (Å²) in [5.74, 6) is -7.64. The molecule has 0 aromatic heterocycles. The molecule has 0 spiro atoms. The predicted octanol–water partition coefficient (Wildman–Crippen LogP) is -1.70. The van der Waals surface area contributed by atoms with Crippen molar-refractivity contribution in [2.45, 2.75) is 31.8 Å². The van der Waals surface area contributed by atoms with Gasteiger partial charge in [0.05, 0.1) is 12.8 Å². The van der Waals surface area contributed by atoms with E-state index < -0.39 is 54.7 Å². The number of carboxylic acids is 5. The summed E-state index contributed by atoms with van der Waals surface area (Å²) >= 11 is 0. The number of carboxylic acid groups (broad SMARTS) is 5. The summed E-state index contributed by atoms with van der Waals surface area (Å²) in [6.07, 6.45) is -3.09. The highest BCUT2D eigenvalue weighted by molar-refractivity contribution is 5.89. The van der Waals surface area contributed by atoms with Crippen LogP contribution in [0.25, 0.3) is 0 Å². The molecular weight excluding hydrogens is 324 g/mol. The molecule has 0 aliphatic heterocycles. The van der Waals surface area contributed by atoms with Crippen LogP contribution in [0.3, 0.4) is 0 Å². The first-order chi connectivity index (χ1) is 10.3. The van der Waals surface area contributed by atoms with Gasteiger partial charge in [-0.15, -0.1) is 0 Å². The molecule has 0 aromatic rings. The van der Waals surface area contributed by atoms with Crippen molar-refractivity contribution < 1.29 is 59.7 Å². The Balaban J connectivity index is -0.000000335. The zero-order chi connectivity index (χ0) is 19.2. The third kappa shape index (κ3) is 19.3. The van der Waals surface area contributed by atoms with Crippen LogP contribution < -0.4 is 0 Å². The van der Waals surface area contributed by atoms with Crippen molar-refractivity contribution in [2.24, 2.45) is 0 Å². The number of carbonyl (C=O) groups is 5. The van der Waals surface area contributed by atoms with Crippen molar-refractivity contribution in [2.75, 3.05) is 6.61 Å². The Morgan fingerprint density at radius 3 is 1.09 bits per heavy atom. The fraction of sp³-hybridized carbons (Fsp3) is 0.545. The second-order valence-corrected chi connectivity index (χ2v) is 3.76. The maximum absolute atomic E-state index is 10.3. The van der Waals surface area contributed by atoms with E-state index in [1.54, 1.807) is 6.92 Å². The summed E-state index contributed by atoms with van der Waals surface area (Å²) in [5, 5.41) is 56.8. The number of aliphatic carboxylic acids is 5. The van der Waals surface area contributed by atoms with E-state index in [4.69, 9.17) is 35.7 Å². The van der Waals surface area contributed by atoms with Crippen LogP contribution in [0, 0.1) is 0 Å². The first-order valence-electron chi connectivity index (χ1n) is 5.76. The molecule has 0 heterocycles. The molecule has 0 fully saturated rings. The molecule has 0 radical (unpaired) electrons. The van der Waals surface area contributed by atoms with E-state index in [9.17, 15) is 24.0 Å². The van der Waals surface area contributed by atoms with E-state index in [1.165, 1.54) is 0 Å². The van der Waals surface area contributed by atoms with Crippen molar-refractivity contribution in [3.05, 3.63) is 0 Å². The van der Waals surface area contributed by atoms with Gasteiger partial charge in [0.1, 0.15) is 6.42 Å². The standard InChI is InChI=1S/C6H8O7.C3H4O4.C2H6O/c7-3(8)1-6(13,5(11)12)2-4(9)10;4-2(5)1-3(6)7;1-2-3/h13H,1-2H2,(H,7,8)(H,9,10)(H,11,12);1H2,(H,4,5)(H,6,7);3H,2H2,1H3. The molecule has 12 nitrogen and oxygen atoms in total. The largest absolute Gasteiger partial charge is 0.481 e. The Kier molecular flexibility index (Phi) is 14.2. The maximum atomic E-state index is 10.3. The average molecular weight is 342 g/mol. The predicted molar refractivity (Wildman–Crippen MR) is 69.7 cm³/mol. The molecule has 7 N–H and O–H groups in total. The molecule has 12 heteroatoms. The lowest BCUT2D eigenvalue weighted by atomic mass is 9.96. The first-order valence-corrected chi connectivity index (χ1v) is 5.76. The van der Waals surface area contributed by atoms with Crippen molar-refractivity contribution in [3.63, 3.8) is 0 Å². The summed E-state index contributed by atoms with van der Waals surface area (Å²) in [6.45, 7) is 1.93. The molecule has 0 aromatic carbocycles. The van der Waals surface area contributed by atoms with Crippen LogP contribution in [0.5, 0.6) is 0 Å². The van der Waals surface area contributed by atoms with Gasteiger partial charge in [-0.2, -0.15) is 0 Å². The summed E-state index contributed by atoms with van der Waals surface area (Å²) in [4.78, 5) is 49.3. The minimum atomic E-state index is -2.74. The number of aliphatic hydroxyl groups is 2. The second kappa shape index (κ2) is 13.0. The molecule has 0 unspecified atom stereocenters. The molecule has 0 amide bonds. The summed E-state index contributed by atoms with van der Waals surface area (Å²) < 4.78 is 0. The normalized spacial score (nSPS) is 9.35. The molecule has 0 saturated heterocycles. The van der Waals surface area contributed by atoms with Gasteiger partial charge >= 0.3 is 29.8 Å². The third-order valence-corrected chi connectivity index (χ3v) is 1.59. The Hall–Kier alpha value is -2.73. The van der Waals surface area contributed by atoms with Crippen molar-refractivity contribution in [1.29, 1.82) is 0 Å². The van der Waals surface area contributed by atoms with E-state index in [1.807, 2.05) is 0 Å². The number of hydrogen-bond donors (Lipinski definition) is 7. The van der Waals surface area contributed by atoms with Gasteiger partial charge in [-0.3, -0.25) is 19.2 Å². The van der Waals surface area contributed by atoms with E-state index in [-0.39, 0.29) is 6.61 Å². The third-order valence-electron chi connectivity index (χ3n) is 1.59. The Bertz CT molecular complexity index is 399. The van der Waals surface area contributed by atoms with Gasteiger partial charge in [-0.05, 0) is 6.92 Å². The molecule has 0 rings (SSSR count). The Morgan fingerprint density at radius 2 is 1.00 bits per heavy atom. The maximum Gasteiger partial charge on any atom is 0.336 e. The minimum absolute atomic E-state index is 0.250. The lowest BCUT2D eigenvalue weighted by Crippen LogP contribution is -2.42. The lowest BCUT2D eigenvalue weighted by Gasteiger charge is -2.18. The highest BCUT2D eigenvalue weighted by atomic mass is 16.4. The van der Waals surface area contributed by atoms with Gasteiger partial charge in [0.15, 0.2) is 5.60 Å². The second-order valence-electron chi connectivity index (χ2n) is 3.76. The van der Waals surface area contributed by atoms with E-state index in [2.05, 4.69) is 0 Å². The number of hydrogen-bond acceptors (Lipinski definition) is 7. The van der Waals surface area contributed by atoms with Gasteiger partial charge in [0, 0.05) is 6.61 Å². The molecular formula is C11H18O12. The van der Waals surface area contributed by atoms with Crippen LogP contribution in [0.2, 0.25) is 0 Å². The molecule has 0 atom stereocenters. The first kappa shape index (κ1) is 25.2. The molecule has 134 valence electrons. The van der Waals surface area contributed by atoms with Gasteiger partial charge in [0.2, 0.25) is 0 Å². The van der Waals surface area contributed by atoms with Crippen molar-refractivity contribution in [1.82, 2.24) is 0 Å². The summed E-state index contributed by atoms with van der Waals surface area (Å²) in [5.41, 5.74) is -2.74. The van der Waals surface area contributed by atoms with Gasteiger partial charge in [0.25, 0.3) is 0 Å². The number of aliphatic hydroxyl groups excluding tert-OH is 1. The SMILES string of the molecule is CCO.O=C(O)CC(=O)O.O=C(O)CC(O)(CC(=O)O)C(=O)O. The quantitative estimate of drug-likeness (QED) is 0.257. The minimum Gasteiger partial charge on any atom is -0.481 e. The highest BCUT2D eigenvalue weighted by Gasteiger charge is 2.40. The van der Waals surface area contributed by atoms with E-state index in [0.29, 0.717) is 0 Å². The fourth-order valence-corrected chi connectivity index (χ4v) is 0.843. The van der Waals surface area contributed by atoms with E-state index >= 15 is 0 Å². The molecule has 0 aliphatic carbocycles. The van der Waals surface area contributed by atoms with Crippen molar-refractivity contribution in [3.8, 4) is 0 Å². The highest BCUT2D eigenvalue weighted by Crippen LogP contribution is 2.15. The molecule has 0 bridgehead atoms. The summed E-state index contributed by atoms with van der Waals surface area (Å²) in [7, 11) is 0. The average Bonchev–Trinajstić information content (AvgIpc) is 2.25. The Morgan fingerprint density at radius 1 is 0.739 bits per heavy atom. The van der Waals surface area contributed by atoms with Gasteiger partial charge < -0.3 is 35.7 Å². The van der Waals surface area contributed by atoms with Crippen LogP contribution in [0.15, 0.2) is 0 Å². The van der Waals surface area contributed by atoms with Crippen LogP contribution in [0.4, 0.5) is 0 Å². The zero-order valence-corrected chi connectivity index (χ0v) is 12.0. The fourth-order valence-electron chi connectivity index (χ4n) is 0.843. The van der Waals surface area contributed by atoms with Crippen LogP contribution in [-0.2, 0) is 24.0 Å². The van der Waals surface area contributed by atoms with Crippen LogP contribution >= 0.6 is 0 Å². The monoisotopic (exact) mass is 342 g/mol. The Labute approximate surface area is 129 Å². The van der Waals surface area contributed by atoms with Crippen LogP contribution in [-0.4, -0.2) is 77.8 Å². The molecule has 0 aliphatic rings. The van der Waals surface area contributed by atoms with E-state index in [0.717, 1.165) is 0 Å². The lowest BCUT2D eigenvalue weighted by molar-refractivity contribution is -0.170. The molecule has 0 saturated carbocycles. The van der Waals surface area contributed by atoms with Crippen LogP contribution in [0.1, 0.15) is 26.2 Å². The zero-order valence-electron chi connectivity index (χ0n) is 12.0. The van der Waals surface area contributed by atoms with Crippen molar-refractivity contribution >= 4 is 29.8 Å². The topological polar surface area (TPSA) is 227 Å². The smallest absolute Gasteiger partial charge is 0.336 e. The number of rotatable bonds is 7.